The largest absolute Gasteiger partial charge is 0.370 e. The Labute approximate surface area is 111 Å². The van der Waals surface area contributed by atoms with Crippen LogP contribution in [-0.2, 0) is 16.6 Å². The highest BCUT2D eigenvalue weighted by atomic mass is 32.2. The molecule has 1 heterocycles. The molecule has 102 valence electrons. The van der Waals surface area contributed by atoms with E-state index in [1.807, 2.05) is 18.7 Å². The van der Waals surface area contributed by atoms with Gasteiger partial charge < -0.3 is 10.6 Å². The summed E-state index contributed by atoms with van der Waals surface area (Å²) in [5.74, 6) is 0.463. The third kappa shape index (κ3) is 3.97. The number of primary sulfonamides is 1. The fraction of sp³-hybridized carbons (Fsp3) is 0.500. The maximum absolute atomic E-state index is 11.1. The standard InChI is InChI=1S/C10H18N4O2S2/c1-3-14(4-2)10(11)13-7-8-5-6-9(17-8)18(12,15)16/h5-6H,3-4,7H2,1-2H3,(H2,11,13)(H2,12,15,16). The fourth-order valence-electron chi connectivity index (χ4n) is 1.40. The summed E-state index contributed by atoms with van der Waals surface area (Å²) in [5, 5.41) is 5.03. The van der Waals surface area contributed by atoms with Gasteiger partial charge in [0.1, 0.15) is 4.21 Å². The second kappa shape index (κ2) is 6.17. The molecule has 1 aromatic heterocycles. The minimum atomic E-state index is -3.62. The highest BCUT2D eigenvalue weighted by Gasteiger charge is 2.11. The van der Waals surface area contributed by atoms with Crippen molar-refractivity contribution in [2.24, 2.45) is 15.9 Å². The SMILES string of the molecule is CCN(CC)C(N)=NCc1ccc(S(N)(=O)=O)s1. The topological polar surface area (TPSA) is 102 Å². The highest BCUT2D eigenvalue weighted by molar-refractivity contribution is 7.91. The van der Waals surface area contributed by atoms with Crippen molar-refractivity contribution in [3.63, 3.8) is 0 Å². The van der Waals surface area contributed by atoms with Gasteiger partial charge in [0.25, 0.3) is 0 Å². The van der Waals surface area contributed by atoms with Crippen molar-refractivity contribution in [1.29, 1.82) is 0 Å². The first-order valence-corrected chi connectivity index (χ1v) is 7.91. The fourth-order valence-corrected chi connectivity index (χ4v) is 3.11. The van der Waals surface area contributed by atoms with E-state index < -0.39 is 10.0 Å². The Morgan fingerprint density at radius 3 is 2.44 bits per heavy atom. The number of sulfonamides is 1. The zero-order chi connectivity index (χ0) is 13.8. The Bertz CT molecular complexity index is 518. The maximum Gasteiger partial charge on any atom is 0.247 e. The van der Waals surface area contributed by atoms with Crippen molar-refractivity contribution < 1.29 is 8.42 Å². The van der Waals surface area contributed by atoms with Crippen molar-refractivity contribution >= 4 is 27.3 Å². The van der Waals surface area contributed by atoms with Gasteiger partial charge in [-0.05, 0) is 26.0 Å². The molecule has 0 fully saturated rings. The van der Waals surface area contributed by atoms with Crippen LogP contribution in [0.15, 0.2) is 21.3 Å². The molecule has 0 amide bonds. The highest BCUT2D eigenvalue weighted by Crippen LogP contribution is 2.20. The van der Waals surface area contributed by atoms with Crippen LogP contribution in [0.25, 0.3) is 0 Å². The molecular weight excluding hydrogens is 272 g/mol. The number of nitrogens with zero attached hydrogens (tertiary/aromatic N) is 2. The zero-order valence-corrected chi connectivity index (χ0v) is 12.1. The molecule has 0 bridgehead atoms. The minimum absolute atomic E-state index is 0.147. The number of hydrogen-bond acceptors (Lipinski definition) is 4. The summed E-state index contributed by atoms with van der Waals surface area (Å²) in [6.07, 6.45) is 0. The van der Waals surface area contributed by atoms with Gasteiger partial charge >= 0.3 is 0 Å². The molecule has 0 saturated carbocycles. The summed E-state index contributed by atoms with van der Waals surface area (Å²) in [5.41, 5.74) is 5.82. The molecule has 1 rings (SSSR count). The molecule has 4 N–H and O–H groups in total. The van der Waals surface area contributed by atoms with Gasteiger partial charge in [-0.15, -0.1) is 11.3 Å². The van der Waals surface area contributed by atoms with Crippen molar-refractivity contribution in [3.05, 3.63) is 17.0 Å². The summed E-state index contributed by atoms with van der Waals surface area (Å²) in [4.78, 5) is 6.97. The molecule has 0 unspecified atom stereocenters. The monoisotopic (exact) mass is 290 g/mol. The van der Waals surface area contributed by atoms with E-state index in [9.17, 15) is 8.42 Å². The molecule has 0 spiro atoms. The normalized spacial score (nSPS) is 12.7. The Kier molecular flexibility index (Phi) is 5.12. The molecule has 18 heavy (non-hydrogen) atoms. The van der Waals surface area contributed by atoms with Crippen LogP contribution in [0.4, 0.5) is 0 Å². The van der Waals surface area contributed by atoms with Crippen molar-refractivity contribution in [2.45, 2.75) is 24.6 Å². The Balaban J connectivity index is 2.75. The van der Waals surface area contributed by atoms with E-state index in [1.165, 1.54) is 6.07 Å². The third-order valence-corrected chi connectivity index (χ3v) is 4.91. The first-order chi connectivity index (χ1) is 8.38. The molecule has 0 atom stereocenters. The third-order valence-electron chi connectivity index (χ3n) is 2.40. The average molecular weight is 290 g/mol. The lowest BCUT2D eigenvalue weighted by Crippen LogP contribution is -2.36. The van der Waals surface area contributed by atoms with Gasteiger partial charge in [-0.1, -0.05) is 0 Å². The van der Waals surface area contributed by atoms with Crippen LogP contribution < -0.4 is 10.9 Å². The molecule has 0 aliphatic rings. The second-order valence-corrected chi connectivity index (χ2v) is 6.57. The first kappa shape index (κ1) is 14.9. The van der Waals surface area contributed by atoms with Gasteiger partial charge in [0.2, 0.25) is 10.0 Å². The van der Waals surface area contributed by atoms with Gasteiger partial charge in [-0.25, -0.2) is 18.5 Å². The van der Waals surface area contributed by atoms with Gasteiger partial charge in [0, 0.05) is 18.0 Å². The van der Waals surface area contributed by atoms with E-state index in [1.54, 1.807) is 6.07 Å². The molecular formula is C10H18N4O2S2. The predicted octanol–water partition coefficient (Wildman–Crippen LogP) is 0.552. The lowest BCUT2D eigenvalue weighted by atomic mass is 10.5. The molecule has 0 aromatic carbocycles. The van der Waals surface area contributed by atoms with Crippen LogP contribution in [0.3, 0.4) is 0 Å². The first-order valence-electron chi connectivity index (χ1n) is 5.54. The van der Waals surface area contributed by atoms with E-state index in [-0.39, 0.29) is 4.21 Å². The van der Waals surface area contributed by atoms with Crippen LogP contribution in [0, 0.1) is 0 Å². The Morgan fingerprint density at radius 2 is 2.00 bits per heavy atom. The molecule has 6 nitrogen and oxygen atoms in total. The van der Waals surface area contributed by atoms with Gasteiger partial charge in [-0.3, -0.25) is 0 Å². The molecule has 0 aliphatic heterocycles. The lowest BCUT2D eigenvalue weighted by molar-refractivity contribution is 0.458. The van der Waals surface area contributed by atoms with Crippen LogP contribution in [0.5, 0.6) is 0 Å². The van der Waals surface area contributed by atoms with Gasteiger partial charge in [-0.2, -0.15) is 0 Å². The summed E-state index contributed by atoms with van der Waals surface area (Å²) >= 11 is 1.11. The molecule has 1 aromatic rings. The number of thiophene rings is 1. The van der Waals surface area contributed by atoms with Crippen LogP contribution in [0.1, 0.15) is 18.7 Å². The maximum atomic E-state index is 11.1. The molecule has 0 radical (unpaired) electrons. The molecule has 8 heteroatoms. The summed E-state index contributed by atoms with van der Waals surface area (Å²) < 4.78 is 22.4. The van der Waals surface area contributed by atoms with E-state index in [4.69, 9.17) is 10.9 Å². The smallest absolute Gasteiger partial charge is 0.247 e. The van der Waals surface area contributed by atoms with E-state index in [0.29, 0.717) is 12.5 Å². The zero-order valence-electron chi connectivity index (χ0n) is 10.5. The number of nitrogens with two attached hydrogens (primary N) is 2. The second-order valence-electron chi connectivity index (χ2n) is 3.61. The van der Waals surface area contributed by atoms with Crippen molar-refractivity contribution in [1.82, 2.24) is 4.90 Å². The number of rotatable bonds is 5. The quantitative estimate of drug-likeness (QED) is 0.610. The molecule has 0 saturated heterocycles. The summed E-state index contributed by atoms with van der Waals surface area (Å²) in [7, 11) is -3.62. The van der Waals surface area contributed by atoms with E-state index in [2.05, 4.69) is 4.99 Å². The Hall–Kier alpha value is -1.12. The van der Waals surface area contributed by atoms with Crippen LogP contribution in [-0.4, -0.2) is 32.4 Å². The number of guanidine groups is 1. The summed E-state index contributed by atoms with van der Waals surface area (Å²) in [6, 6.07) is 3.18. The lowest BCUT2D eigenvalue weighted by Gasteiger charge is -2.19. The van der Waals surface area contributed by atoms with E-state index >= 15 is 0 Å². The minimum Gasteiger partial charge on any atom is -0.370 e. The Morgan fingerprint density at radius 1 is 1.39 bits per heavy atom. The van der Waals surface area contributed by atoms with Crippen molar-refractivity contribution in [3.8, 4) is 0 Å². The van der Waals surface area contributed by atoms with E-state index in [0.717, 1.165) is 29.3 Å². The molecule has 0 aliphatic carbocycles. The predicted molar refractivity (Wildman–Crippen MR) is 73.9 cm³/mol. The van der Waals surface area contributed by atoms with Crippen molar-refractivity contribution in [2.75, 3.05) is 13.1 Å². The number of aliphatic imine (C=N–C) groups is 1. The van der Waals surface area contributed by atoms with Gasteiger partial charge in [0.15, 0.2) is 5.96 Å². The summed E-state index contributed by atoms with van der Waals surface area (Å²) in [6.45, 7) is 5.94. The van der Waals surface area contributed by atoms with Crippen LogP contribution >= 0.6 is 11.3 Å². The average Bonchev–Trinajstić information content (AvgIpc) is 2.76. The van der Waals surface area contributed by atoms with Gasteiger partial charge in [0.05, 0.1) is 6.54 Å². The number of hydrogen-bond donors (Lipinski definition) is 2. The van der Waals surface area contributed by atoms with Crippen LogP contribution in [0.2, 0.25) is 0 Å².